The molecule has 5 nitrogen and oxygen atoms in total. The smallest absolute Gasteiger partial charge is 0.228 e. The monoisotopic (exact) mass is 329 g/mol. The Bertz CT molecular complexity index is 704. The zero-order valence-electron chi connectivity index (χ0n) is 12.3. The Kier molecular flexibility index (Phi) is 4.57. The van der Waals surface area contributed by atoms with E-state index in [1.165, 1.54) is 0 Å². The summed E-state index contributed by atoms with van der Waals surface area (Å²) in [5.74, 6) is -0.738. The van der Waals surface area contributed by atoms with Crippen LogP contribution in [0.3, 0.4) is 0 Å². The highest BCUT2D eigenvalue weighted by Gasteiger charge is 2.47. The largest absolute Gasteiger partial charge is 0.352 e. The fourth-order valence-electron chi connectivity index (χ4n) is 2.37. The lowest BCUT2D eigenvalue weighted by Crippen LogP contribution is -2.27. The molecular formula is C17H16ClN3O2. The Labute approximate surface area is 139 Å². The van der Waals surface area contributed by atoms with Crippen molar-refractivity contribution in [2.45, 2.75) is 13.0 Å². The number of hydrogen-bond donors (Lipinski definition) is 2. The predicted octanol–water partition coefficient (Wildman–Crippen LogP) is 2.63. The molecule has 1 heterocycles. The van der Waals surface area contributed by atoms with Crippen LogP contribution < -0.4 is 10.6 Å². The van der Waals surface area contributed by atoms with Crippen LogP contribution in [0, 0.1) is 11.8 Å². The second kappa shape index (κ2) is 6.79. The van der Waals surface area contributed by atoms with E-state index in [0.717, 1.165) is 5.56 Å². The fraction of sp³-hybridized carbons (Fsp3) is 0.235. The van der Waals surface area contributed by atoms with E-state index < -0.39 is 0 Å². The summed E-state index contributed by atoms with van der Waals surface area (Å²) in [6.07, 6.45) is 3.97. The number of rotatable bonds is 5. The summed E-state index contributed by atoms with van der Waals surface area (Å²) in [4.78, 5) is 28.2. The number of pyridine rings is 1. The first kappa shape index (κ1) is 15.5. The zero-order valence-corrected chi connectivity index (χ0v) is 13.1. The molecule has 0 aliphatic heterocycles. The zero-order chi connectivity index (χ0) is 16.2. The molecule has 6 heteroatoms. The molecule has 0 saturated heterocycles. The number of nitrogens with zero attached hydrogens (tertiary/aromatic N) is 1. The summed E-state index contributed by atoms with van der Waals surface area (Å²) in [6.45, 7) is 0.425. The molecule has 1 aromatic heterocycles. The van der Waals surface area contributed by atoms with Crippen LogP contribution in [-0.4, -0.2) is 16.8 Å². The molecule has 1 saturated carbocycles. The maximum Gasteiger partial charge on any atom is 0.228 e. The van der Waals surface area contributed by atoms with E-state index in [2.05, 4.69) is 15.6 Å². The van der Waals surface area contributed by atoms with Crippen molar-refractivity contribution >= 4 is 29.1 Å². The van der Waals surface area contributed by atoms with Crippen LogP contribution in [-0.2, 0) is 16.1 Å². The average molecular weight is 330 g/mol. The van der Waals surface area contributed by atoms with E-state index in [1.54, 1.807) is 36.7 Å². The quantitative estimate of drug-likeness (QED) is 0.885. The van der Waals surface area contributed by atoms with Crippen molar-refractivity contribution in [3.63, 3.8) is 0 Å². The number of nitrogens with one attached hydrogen (secondary N) is 2. The lowest BCUT2D eigenvalue weighted by atomic mass is 10.2. The molecular weight excluding hydrogens is 314 g/mol. The third-order valence-electron chi connectivity index (χ3n) is 3.77. The van der Waals surface area contributed by atoms with Crippen LogP contribution in [0.4, 0.5) is 5.69 Å². The number of carbonyl (C=O) groups is 2. The number of aromatic nitrogens is 1. The van der Waals surface area contributed by atoms with E-state index in [1.807, 2.05) is 12.1 Å². The lowest BCUT2D eigenvalue weighted by molar-refractivity contribution is -0.125. The second-order valence-corrected chi connectivity index (χ2v) is 5.96. The fourth-order valence-corrected chi connectivity index (χ4v) is 2.49. The maximum atomic E-state index is 12.1. The summed E-state index contributed by atoms with van der Waals surface area (Å²) in [6, 6.07) is 10.6. The number of carbonyl (C=O) groups excluding carboxylic acids is 2. The van der Waals surface area contributed by atoms with Gasteiger partial charge in [0, 0.05) is 29.6 Å². The van der Waals surface area contributed by atoms with Gasteiger partial charge in [0.05, 0.1) is 11.8 Å². The van der Waals surface area contributed by atoms with Crippen LogP contribution >= 0.6 is 11.6 Å². The maximum absolute atomic E-state index is 12.1. The van der Waals surface area contributed by atoms with Crippen molar-refractivity contribution < 1.29 is 9.59 Å². The van der Waals surface area contributed by atoms with Crippen molar-refractivity contribution in [2.24, 2.45) is 11.8 Å². The molecule has 1 aromatic carbocycles. The predicted molar refractivity (Wildman–Crippen MR) is 87.8 cm³/mol. The number of hydrogen-bond acceptors (Lipinski definition) is 3. The molecule has 2 unspecified atom stereocenters. The molecule has 23 heavy (non-hydrogen) atoms. The molecule has 118 valence electrons. The summed E-state index contributed by atoms with van der Waals surface area (Å²) in [5.41, 5.74) is 1.62. The Morgan fingerprint density at radius 2 is 1.87 bits per heavy atom. The van der Waals surface area contributed by atoms with Gasteiger partial charge in [-0.05, 0) is 42.3 Å². The van der Waals surface area contributed by atoms with Crippen LogP contribution in [0.25, 0.3) is 0 Å². The normalized spacial score (nSPS) is 19.0. The first-order valence-corrected chi connectivity index (χ1v) is 7.74. The summed E-state index contributed by atoms with van der Waals surface area (Å²) < 4.78 is 0. The minimum atomic E-state index is -0.264. The molecule has 2 aromatic rings. The standard InChI is InChI=1S/C17H16ClN3O2/c18-12-3-5-13(6-4-12)21-17(23)15-8-14(15)16(22)20-10-11-2-1-7-19-9-11/h1-7,9,14-15H,8,10H2,(H,20,22)(H,21,23). The van der Waals surface area contributed by atoms with Crippen molar-refractivity contribution in [3.05, 3.63) is 59.4 Å². The van der Waals surface area contributed by atoms with Gasteiger partial charge in [-0.2, -0.15) is 0 Å². The van der Waals surface area contributed by atoms with Gasteiger partial charge in [0.25, 0.3) is 0 Å². The molecule has 2 N–H and O–H groups in total. The number of anilines is 1. The van der Waals surface area contributed by atoms with Crippen LogP contribution in [0.15, 0.2) is 48.8 Å². The molecule has 1 aliphatic rings. The van der Waals surface area contributed by atoms with Crippen molar-refractivity contribution in [1.29, 1.82) is 0 Å². The van der Waals surface area contributed by atoms with Gasteiger partial charge < -0.3 is 10.6 Å². The average Bonchev–Trinajstić information content (AvgIpc) is 3.36. The Morgan fingerprint density at radius 3 is 2.57 bits per heavy atom. The van der Waals surface area contributed by atoms with Crippen molar-refractivity contribution in [3.8, 4) is 0 Å². The Morgan fingerprint density at radius 1 is 1.13 bits per heavy atom. The highest BCUT2D eigenvalue weighted by Crippen LogP contribution is 2.39. The Balaban J connectivity index is 1.47. The van der Waals surface area contributed by atoms with Crippen LogP contribution in [0.5, 0.6) is 0 Å². The van der Waals surface area contributed by atoms with Gasteiger partial charge in [-0.15, -0.1) is 0 Å². The van der Waals surface area contributed by atoms with Crippen LogP contribution in [0.1, 0.15) is 12.0 Å². The summed E-state index contributed by atoms with van der Waals surface area (Å²) >= 11 is 5.80. The molecule has 0 spiro atoms. The van der Waals surface area contributed by atoms with Gasteiger partial charge in [0.15, 0.2) is 0 Å². The van der Waals surface area contributed by atoms with E-state index in [-0.39, 0.29) is 23.7 Å². The van der Waals surface area contributed by atoms with Gasteiger partial charge in [-0.3, -0.25) is 14.6 Å². The molecule has 1 fully saturated rings. The highest BCUT2D eigenvalue weighted by atomic mass is 35.5. The van der Waals surface area contributed by atoms with E-state index in [4.69, 9.17) is 11.6 Å². The minimum absolute atomic E-state index is 0.0925. The molecule has 0 bridgehead atoms. The number of halogens is 1. The molecule has 2 amide bonds. The number of benzene rings is 1. The highest BCUT2D eigenvalue weighted by molar-refractivity contribution is 6.30. The SMILES string of the molecule is O=C(NCc1cccnc1)C1CC1C(=O)Nc1ccc(Cl)cc1. The molecule has 2 atom stereocenters. The summed E-state index contributed by atoms with van der Waals surface area (Å²) in [5, 5.41) is 6.26. The molecule has 3 rings (SSSR count). The van der Waals surface area contributed by atoms with Gasteiger partial charge in [-0.25, -0.2) is 0 Å². The van der Waals surface area contributed by atoms with Crippen LogP contribution in [0.2, 0.25) is 5.02 Å². The van der Waals surface area contributed by atoms with Crippen molar-refractivity contribution in [1.82, 2.24) is 10.3 Å². The Hall–Kier alpha value is -2.40. The molecule has 0 radical (unpaired) electrons. The van der Waals surface area contributed by atoms with E-state index in [0.29, 0.717) is 23.7 Å². The van der Waals surface area contributed by atoms with Gasteiger partial charge in [0.1, 0.15) is 0 Å². The third kappa shape index (κ3) is 4.07. The number of amides is 2. The van der Waals surface area contributed by atoms with Gasteiger partial charge in [-0.1, -0.05) is 17.7 Å². The van der Waals surface area contributed by atoms with E-state index in [9.17, 15) is 9.59 Å². The second-order valence-electron chi connectivity index (χ2n) is 5.52. The lowest BCUT2D eigenvalue weighted by Gasteiger charge is -2.06. The third-order valence-corrected chi connectivity index (χ3v) is 4.02. The first-order valence-electron chi connectivity index (χ1n) is 7.36. The first-order chi connectivity index (χ1) is 11.1. The van der Waals surface area contributed by atoms with E-state index >= 15 is 0 Å². The van der Waals surface area contributed by atoms with Crippen molar-refractivity contribution in [2.75, 3.05) is 5.32 Å². The summed E-state index contributed by atoms with van der Waals surface area (Å²) in [7, 11) is 0. The topological polar surface area (TPSA) is 71.1 Å². The van der Waals surface area contributed by atoms with Gasteiger partial charge >= 0.3 is 0 Å². The minimum Gasteiger partial charge on any atom is -0.352 e. The van der Waals surface area contributed by atoms with Gasteiger partial charge in [0.2, 0.25) is 11.8 Å². The molecule has 1 aliphatic carbocycles.